The second-order valence-electron chi connectivity index (χ2n) is 7.90. The normalized spacial score (nSPS) is 16.1. The van der Waals surface area contributed by atoms with E-state index in [0.29, 0.717) is 41.7 Å². The summed E-state index contributed by atoms with van der Waals surface area (Å²) < 4.78 is 11.5. The van der Waals surface area contributed by atoms with Crippen molar-refractivity contribution in [2.24, 2.45) is 5.92 Å². The van der Waals surface area contributed by atoms with E-state index in [1.54, 1.807) is 11.3 Å². The number of carbonyl (C=O) groups is 1. The molecule has 1 aliphatic heterocycles. The number of amides is 1. The van der Waals surface area contributed by atoms with Crippen molar-refractivity contribution < 1.29 is 14.1 Å². The van der Waals surface area contributed by atoms with Crippen LogP contribution in [0.5, 0.6) is 11.5 Å². The van der Waals surface area contributed by atoms with Gasteiger partial charge in [0.05, 0.1) is 5.56 Å². The van der Waals surface area contributed by atoms with Crippen LogP contribution < -0.4 is 4.74 Å². The van der Waals surface area contributed by atoms with Gasteiger partial charge in [-0.2, -0.15) is 16.3 Å². The van der Waals surface area contributed by atoms with Crippen molar-refractivity contribution in [3.05, 3.63) is 82.9 Å². The zero-order valence-electron chi connectivity index (χ0n) is 17.5. The van der Waals surface area contributed by atoms with Gasteiger partial charge >= 0.3 is 0 Å². The number of piperidine rings is 1. The Morgan fingerprint density at radius 2 is 1.97 bits per heavy atom. The average Bonchev–Trinajstić information content (AvgIpc) is 3.52. The zero-order chi connectivity index (χ0) is 21.8. The molecule has 0 radical (unpaired) electrons. The number of nitrogens with zero attached hydrogens (tertiary/aromatic N) is 3. The molecular weight excluding hydrogens is 422 g/mol. The van der Waals surface area contributed by atoms with Gasteiger partial charge in [0.15, 0.2) is 0 Å². The van der Waals surface area contributed by atoms with Crippen LogP contribution in [0, 0.1) is 5.92 Å². The van der Waals surface area contributed by atoms with Crippen LogP contribution >= 0.6 is 11.3 Å². The van der Waals surface area contributed by atoms with Crippen LogP contribution in [0.3, 0.4) is 0 Å². The molecule has 4 aromatic rings. The SMILES string of the molecule is O=C(c1ccccc1Oc1ccccc1)N1CCCC(Cc2nc(-c3ccsc3)no2)C1. The van der Waals surface area contributed by atoms with Crippen molar-refractivity contribution in [1.82, 2.24) is 15.0 Å². The van der Waals surface area contributed by atoms with Gasteiger partial charge in [-0.1, -0.05) is 35.5 Å². The maximum absolute atomic E-state index is 13.4. The largest absolute Gasteiger partial charge is 0.457 e. The van der Waals surface area contributed by atoms with Crippen LogP contribution in [0.1, 0.15) is 29.1 Å². The summed E-state index contributed by atoms with van der Waals surface area (Å²) in [5.74, 6) is 2.80. The van der Waals surface area contributed by atoms with Crippen LogP contribution in [0.4, 0.5) is 0 Å². The number of rotatable bonds is 6. The molecule has 2 aromatic heterocycles. The predicted octanol–water partition coefficient (Wildman–Crippen LogP) is 5.69. The summed E-state index contributed by atoms with van der Waals surface area (Å²) in [6, 6.07) is 18.9. The Morgan fingerprint density at radius 1 is 1.12 bits per heavy atom. The number of para-hydroxylation sites is 2. The van der Waals surface area contributed by atoms with E-state index in [1.807, 2.05) is 76.3 Å². The van der Waals surface area contributed by atoms with Crippen LogP contribution in [0.2, 0.25) is 0 Å². The minimum atomic E-state index is -0.00859. The third-order valence-electron chi connectivity index (χ3n) is 5.61. The first kappa shape index (κ1) is 20.5. The fraction of sp³-hybridized carbons (Fsp3) is 0.240. The molecule has 3 heterocycles. The molecule has 1 aliphatic rings. The molecule has 1 amide bonds. The molecule has 32 heavy (non-hydrogen) atoms. The Labute approximate surface area is 190 Å². The van der Waals surface area contributed by atoms with Crippen LogP contribution in [0.15, 0.2) is 75.9 Å². The van der Waals surface area contributed by atoms with Crippen molar-refractivity contribution in [3.63, 3.8) is 0 Å². The van der Waals surface area contributed by atoms with E-state index in [2.05, 4.69) is 10.1 Å². The Morgan fingerprint density at radius 3 is 2.81 bits per heavy atom. The number of aromatic nitrogens is 2. The quantitative estimate of drug-likeness (QED) is 0.382. The Kier molecular flexibility index (Phi) is 5.98. The fourth-order valence-corrected chi connectivity index (χ4v) is 4.66. The lowest BCUT2D eigenvalue weighted by molar-refractivity contribution is 0.0665. The minimum Gasteiger partial charge on any atom is -0.457 e. The van der Waals surface area contributed by atoms with E-state index >= 15 is 0 Å². The highest BCUT2D eigenvalue weighted by molar-refractivity contribution is 7.08. The van der Waals surface area contributed by atoms with Gasteiger partial charge in [0.2, 0.25) is 11.7 Å². The van der Waals surface area contributed by atoms with Crippen molar-refractivity contribution in [2.45, 2.75) is 19.3 Å². The molecule has 1 saturated heterocycles. The predicted molar refractivity (Wildman–Crippen MR) is 123 cm³/mol. The van der Waals surface area contributed by atoms with Gasteiger partial charge in [-0.05, 0) is 54.5 Å². The molecular formula is C25H23N3O3S. The van der Waals surface area contributed by atoms with Gasteiger partial charge in [0, 0.05) is 30.5 Å². The van der Waals surface area contributed by atoms with Crippen LogP contribution in [-0.4, -0.2) is 34.0 Å². The summed E-state index contributed by atoms with van der Waals surface area (Å²) in [4.78, 5) is 19.8. The fourth-order valence-electron chi connectivity index (χ4n) is 4.03. The van der Waals surface area contributed by atoms with Crippen molar-refractivity contribution in [1.29, 1.82) is 0 Å². The van der Waals surface area contributed by atoms with E-state index in [-0.39, 0.29) is 11.8 Å². The van der Waals surface area contributed by atoms with Crippen molar-refractivity contribution in [3.8, 4) is 22.9 Å². The summed E-state index contributed by atoms with van der Waals surface area (Å²) in [5, 5.41) is 8.10. The highest BCUT2D eigenvalue weighted by Gasteiger charge is 2.27. The van der Waals surface area contributed by atoms with Crippen molar-refractivity contribution in [2.75, 3.05) is 13.1 Å². The van der Waals surface area contributed by atoms with Gasteiger partial charge in [0.1, 0.15) is 11.5 Å². The van der Waals surface area contributed by atoms with Gasteiger partial charge in [-0.15, -0.1) is 0 Å². The molecule has 5 rings (SSSR count). The molecule has 0 spiro atoms. The number of carbonyl (C=O) groups excluding carboxylic acids is 1. The van der Waals surface area contributed by atoms with Crippen molar-refractivity contribution >= 4 is 17.2 Å². The van der Waals surface area contributed by atoms with Crippen LogP contribution in [-0.2, 0) is 6.42 Å². The van der Waals surface area contributed by atoms with E-state index in [9.17, 15) is 4.79 Å². The standard InChI is InChI=1S/C25H23N3O3S/c29-25(21-10-4-5-11-22(21)30-20-8-2-1-3-9-20)28-13-6-7-18(16-28)15-23-26-24(27-31-23)19-12-14-32-17-19/h1-5,8-12,14,17-18H,6-7,13,15-16H2. The van der Waals surface area contributed by atoms with E-state index in [0.717, 1.165) is 24.9 Å². The monoisotopic (exact) mass is 445 g/mol. The Bertz CT molecular complexity index is 1170. The van der Waals surface area contributed by atoms with E-state index in [1.165, 1.54) is 0 Å². The second-order valence-corrected chi connectivity index (χ2v) is 8.68. The maximum Gasteiger partial charge on any atom is 0.257 e. The summed E-state index contributed by atoms with van der Waals surface area (Å²) in [6.07, 6.45) is 2.65. The molecule has 0 N–H and O–H groups in total. The smallest absolute Gasteiger partial charge is 0.257 e. The molecule has 1 fully saturated rings. The second kappa shape index (κ2) is 9.36. The molecule has 162 valence electrons. The van der Waals surface area contributed by atoms with Gasteiger partial charge < -0.3 is 14.2 Å². The molecule has 2 aromatic carbocycles. The number of ether oxygens (including phenoxy) is 1. The number of thiophene rings is 1. The molecule has 7 heteroatoms. The molecule has 6 nitrogen and oxygen atoms in total. The molecule has 0 saturated carbocycles. The first-order valence-electron chi connectivity index (χ1n) is 10.7. The first-order valence-corrected chi connectivity index (χ1v) is 11.7. The topological polar surface area (TPSA) is 68.5 Å². The molecule has 1 unspecified atom stereocenters. The molecule has 0 bridgehead atoms. The highest BCUT2D eigenvalue weighted by Crippen LogP contribution is 2.29. The summed E-state index contributed by atoms with van der Waals surface area (Å²) in [7, 11) is 0. The zero-order valence-corrected chi connectivity index (χ0v) is 18.3. The lowest BCUT2D eigenvalue weighted by Crippen LogP contribution is -2.40. The van der Waals surface area contributed by atoms with Gasteiger partial charge in [-0.25, -0.2) is 0 Å². The van der Waals surface area contributed by atoms with E-state index < -0.39 is 0 Å². The Balaban J connectivity index is 1.27. The lowest BCUT2D eigenvalue weighted by atomic mass is 9.94. The maximum atomic E-state index is 13.4. The van der Waals surface area contributed by atoms with E-state index in [4.69, 9.17) is 9.26 Å². The highest BCUT2D eigenvalue weighted by atomic mass is 32.1. The molecule has 0 aliphatic carbocycles. The number of hydrogen-bond donors (Lipinski definition) is 0. The number of likely N-dealkylation sites (tertiary alicyclic amines) is 1. The Hall–Kier alpha value is -3.45. The molecule has 1 atom stereocenters. The third kappa shape index (κ3) is 4.57. The summed E-state index contributed by atoms with van der Waals surface area (Å²) >= 11 is 1.61. The van der Waals surface area contributed by atoms with Crippen LogP contribution in [0.25, 0.3) is 11.4 Å². The minimum absolute atomic E-state index is 0.00859. The first-order chi connectivity index (χ1) is 15.8. The van der Waals surface area contributed by atoms with Gasteiger partial charge in [-0.3, -0.25) is 4.79 Å². The lowest BCUT2D eigenvalue weighted by Gasteiger charge is -2.32. The summed E-state index contributed by atoms with van der Waals surface area (Å²) in [6.45, 7) is 1.40. The summed E-state index contributed by atoms with van der Waals surface area (Å²) in [5.41, 5.74) is 1.55. The average molecular weight is 446 g/mol. The van der Waals surface area contributed by atoms with Gasteiger partial charge in [0.25, 0.3) is 5.91 Å². The number of hydrogen-bond acceptors (Lipinski definition) is 6. The third-order valence-corrected chi connectivity index (χ3v) is 6.29. The number of benzene rings is 2.